The normalized spacial score (nSPS) is 13.9. The van der Waals surface area contributed by atoms with Crippen LogP contribution in [0.2, 0.25) is 0 Å². The van der Waals surface area contributed by atoms with Crippen molar-refractivity contribution in [1.29, 1.82) is 0 Å². The molecule has 2 amide bonds. The molecule has 2 aromatic carbocycles. The largest absolute Gasteiger partial charge is 0.484 e. The number of carbonyl (C=O) groups is 2. The van der Waals surface area contributed by atoms with Gasteiger partial charge in [0.1, 0.15) is 11.5 Å². The number of rotatable bonds is 6. The summed E-state index contributed by atoms with van der Waals surface area (Å²) in [6.45, 7) is 8.03. The summed E-state index contributed by atoms with van der Waals surface area (Å²) < 4.78 is 11.3. The minimum absolute atomic E-state index is 0.00677. The number of aryl methyl sites for hydroxylation is 3. The lowest BCUT2D eigenvalue weighted by molar-refractivity contribution is -0.141. The molecule has 0 saturated carbocycles. The molecule has 1 fully saturated rings. The quantitative estimate of drug-likeness (QED) is 0.753. The van der Waals surface area contributed by atoms with E-state index in [9.17, 15) is 9.59 Å². The van der Waals surface area contributed by atoms with E-state index in [1.165, 1.54) is 0 Å². The van der Waals surface area contributed by atoms with Crippen molar-refractivity contribution in [3.8, 4) is 11.5 Å². The first-order valence-corrected chi connectivity index (χ1v) is 9.87. The zero-order valence-corrected chi connectivity index (χ0v) is 17.3. The Morgan fingerprint density at radius 1 is 0.759 bits per heavy atom. The van der Waals surface area contributed by atoms with Crippen molar-refractivity contribution >= 4 is 11.8 Å². The molecule has 1 saturated heterocycles. The predicted molar refractivity (Wildman–Crippen MR) is 111 cm³/mol. The van der Waals surface area contributed by atoms with E-state index in [1.807, 2.05) is 63.2 Å². The summed E-state index contributed by atoms with van der Waals surface area (Å²) in [7, 11) is 0. The van der Waals surface area contributed by atoms with Gasteiger partial charge in [0.05, 0.1) is 0 Å². The van der Waals surface area contributed by atoms with E-state index in [0.29, 0.717) is 31.9 Å². The van der Waals surface area contributed by atoms with Gasteiger partial charge in [0.15, 0.2) is 13.2 Å². The number of nitrogens with zero attached hydrogens (tertiary/aromatic N) is 2. The van der Waals surface area contributed by atoms with Gasteiger partial charge in [0, 0.05) is 26.2 Å². The number of hydrogen-bond acceptors (Lipinski definition) is 4. The van der Waals surface area contributed by atoms with Crippen LogP contribution in [-0.2, 0) is 9.59 Å². The van der Waals surface area contributed by atoms with Gasteiger partial charge in [-0.25, -0.2) is 0 Å². The van der Waals surface area contributed by atoms with Crippen LogP contribution >= 0.6 is 0 Å². The standard InChI is InChI=1S/C23H28N2O4/c1-17-4-7-20(8-5-17)28-15-22(26)24-10-12-25(13-11-24)23(27)16-29-21-9-6-18(2)14-19(21)3/h4-9,14H,10-13,15-16H2,1-3H3. The Morgan fingerprint density at radius 2 is 1.28 bits per heavy atom. The Bertz CT molecular complexity index is 856. The average molecular weight is 396 g/mol. The zero-order chi connectivity index (χ0) is 20.8. The first-order valence-electron chi connectivity index (χ1n) is 9.87. The molecule has 1 aliphatic rings. The van der Waals surface area contributed by atoms with Crippen molar-refractivity contribution in [2.45, 2.75) is 20.8 Å². The van der Waals surface area contributed by atoms with Crippen LogP contribution in [0.15, 0.2) is 42.5 Å². The van der Waals surface area contributed by atoms with E-state index in [4.69, 9.17) is 9.47 Å². The molecule has 0 aromatic heterocycles. The number of hydrogen-bond donors (Lipinski definition) is 0. The monoisotopic (exact) mass is 396 g/mol. The molecule has 0 N–H and O–H groups in total. The molecule has 1 heterocycles. The Kier molecular flexibility index (Phi) is 6.75. The fourth-order valence-electron chi connectivity index (χ4n) is 3.27. The second-order valence-electron chi connectivity index (χ2n) is 7.42. The molecule has 0 spiro atoms. The molecule has 0 radical (unpaired) electrons. The lowest BCUT2D eigenvalue weighted by Crippen LogP contribution is -2.52. The van der Waals surface area contributed by atoms with E-state index < -0.39 is 0 Å². The topological polar surface area (TPSA) is 59.1 Å². The van der Waals surface area contributed by atoms with Gasteiger partial charge in [-0.15, -0.1) is 0 Å². The molecule has 0 bridgehead atoms. The minimum Gasteiger partial charge on any atom is -0.484 e. The third kappa shape index (κ3) is 5.73. The zero-order valence-electron chi connectivity index (χ0n) is 17.3. The van der Waals surface area contributed by atoms with Gasteiger partial charge >= 0.3 is 0 Å². The fourth-order valence-corrected chi connectivity index (χ4v) is 3.27. The molecular formula is C23H28N2O4. The van der Waals surface area contributed by atoms with Crippen LogP contribution in [0, 0.1) is 20.8 Å². The lowest BCUT2D eigenvalue weighted by Gasteiger charge is -2.34. The molecule has 0 aliphatic carbocycles. The number of carbonyl (C=O) groups excluding carboxylic acids is 2. The SMILES string of the molecule is Cc1ccc(OCC(=O)N2CCN(C(=O)COc3ccc(C)cc3C)CC2)cc1. The first-order chi connectivity index (χ1) is 13.9. The highest BCUT2D eigenvalue weighted by Crippen LogP contribution is 2.19. The van der Waals surface area contributed by atoms with E-state index >= 15 is 0 Å². The molecule has 3 rings (SSSR count). The van der Waals surface area contributed by atoms with Gasteiger partial charge in [-0.05, 0) is 44.5 Å². The molecule has 29 heavy (non-hydrogen) atoms. The molecule has 0 unspecified atom stereocenters. The molecule has 6 heteroatoms. The smallest absolute Gasteiger partial charge is 0.260 e. The van der Waals surface area contributed by atoms with E-state index in [0.717, 1.165) is 22.4 Å². The maximum absolute atomic E-state index is 12.4. The summed E-state index contributed by atoms with van der Waals surface area (Å²) in [6.07, 6.45) is 0. The Morgan fingerprint density at radius 3 is 1.83 bits per heavy atom. The third-order valence-corrected chi connectivity index (χ3v) is 5.05. The molecule has 0 atom stereocenters. The van der Waals surface area contributed by atoms with Gasteiger partial charge in [-0.2, -0.15) is 0 Å². The second-order valence-corrected chi connectivity index (χ2v) is 7.42. The van der Waals surface area contributed by atoms with E-state index in [2.05, 4.69) is 0 Å². The highest BCUT2D eigenvalue weighted by atomic mass is 16.5. The maximum Gasteiger partial charge on any atom is 0.260 e. The molecular weight excluding hydrogens is 368 g/mol. The van der Waals surface area contributed by atoms with Gasteiger partial charge in [0.2, 0.25) is 0 Å². The fraction of sp³-hybridized carbons (Fsp3) is 0.391. The van der Waals surface area contributed by atoms with Crippen molar-refractivity contribution in [3.05, 3.63) is 59.2 Å². The van der Waals surface area contributed by atoms with Crippen LogP contribution in [0.3, 0.4) is 0 Å². The summed E-state index contributed by atoms with van der Waals surface area (Å²) >= 11 is 0. The summed E-state index contributed by atoms with van der Waals surface area (Å²) in [5, 5.41) is 0. The van der Waals surface area contributed by atoms with E-state index in [-0.39, 0.29) is 25.0 Å². The lowest BCUT2D eigenvalue weighted by atomic mass is 10.1. The number of amides is 2. The predicted octanol–water partition coefficient (Wildman–Crippen LogP) is 2.74. The van der Waals surface area contributed by atoms with E-state index in [1.54, 1.807) is 9.80 Å². The van der Waals surface area contributed by atoms with Crippen LogP contribution in [0.25, 0.3) is 0 Å². The summed E-state index contributed by atoms with van der Waals surface area (Å²) in [6, 6.07) is 13.5. The van der Waals surface area contributed by atoms with Crippen LogP contribution in [0.1, 0.15) is 16.7 Å². The van der Waals surface area contributed by atoms with Crippen LogP contribution in [-0.4, -0.2) is 61.0 Å². The summed E-state index contributed by atoms with van der Waals surface area (Å²) in [4.78, 5) is 28.3. The van der Waals surface area contributed by atoms with Crippen molar-refractivity contribution in [1.82, 2.24) is 9.80 Å². The minimum atomic E-state index is -0.0656. The number of benzene rings is 2. The van der Waals surface area contributed by atoms with Crippen LogP contribution in [0.4, 0.5) is 0 Å². The molecule has 1 aliphatic heterocycles. The Hall–Kier alpha value is -3.02. The van der Waals surface area contributed by atoms with Crippen LogP contribution in [0.5, 0.6) is 11.5 Å². The molecule has 6 nitrogen and oxygen atoms in total. The Balaban J connectivity index is 1.41. The number of ether oxygens (including phenoxy) is 2. The third-order valence-electron chi connectivity index (χ3n) is 5.05. The highest BCUT2D eigenvalue weighted by Gasteiger charge is 2.24. The summed E-state index contributed by atoms with van der Waals surface area (Å²) in [5.41, 5.74) is 3.32. The number of piperazine rings is 1. The van der Waals surface area contributed by atoms with Gasteiger partial charge in [0.25, 0.3) is 11.8 Å². The summed E-state index contributed by atoms with van der Waals surface area (Å²) in [5.74, 6) is 1.28. The van der Waals surface area contributed by atoms with Crippen molar-refractivity contribution < 1.29 is 19.1 Å². The van der Waals surface area contributed by atoms with Crippen LogP contribution < -0.4 is 9.47 Å². The second kappa shape index (κ2) is 9.45. The maximum atomic E-state index is 12.4. The molecule has 2 aromatic rings. The van der Waals surface area contributed by atoms with Gasteiger partial charge < -0.3 is 19.3 Å². The van der Waals surface area contributed by atoms with Gasteiger partial charge in [-0.1, -0.05) is 35.4 Å². The van der Waals surface area contributed by atoms with Crippen molar-refractivity contribution in [3.63, 3.8) is 0 Å². The van der Waals surface area contributed by atoms with Crippen molar-refractivity contribution in [2.75, 3.05) is 39.4 Å². The highest BCUT2D eigenvalue weighted by molar-refractivity contribution is 5.80. The molecule has 154 valence electrons. The Labute approximate surface area is 172 Å². The average Bonchev–Trinajstić information content (AvgIpc) is 2.72. The van der Waals surface area contributed by atoms with Crippen molar-refractivity contribution in [2.24, 2.45) is 0 Å². The first kappa shape index (κ1) is 20.7. The van der Waals surface area contributed by atoms with Gasteiger partial charge in [-0.3, -0.25) is 9.59 Å².